The van der Waals surface area contributed by atoms with Gasteiger partial charge >= 0.3 is 0 Å². The molecule has 3 aliphatic carbocycles. The van der Waals surface area contributed by atoms with Gasteiger partial charge in [-0.1, -0.05) is 36.4 Å². The lowest BCUT2D eigenvalue weighted by Crippen LogP contribution is -2.44. The fourth-order valence-corrected chi connectivity index (χ4v) is 7.06. The van der Waals surface area contributed by atoms with Crippen LogP contribution in [0, 0.1) is 17.8 Å². The highest BCUT2D eigenvalue weighted by Crippen LogP contribution is 2.51. The van der Waals surface area contributed by atoms with Gasteiger partial charge in [0.15, 0.2) is 0 Å². The van der Waals surface area contributed by atoms with Gasteiger partial charge in [0, 0.05) is 12.6 Å². The van der Waals surface area contributed by atoms with Gasteiger partial charge in [0.1, 0.15) is 0 Å². The second kappa shape index (κ2) is 6.43. The molecule has 1 aliphatic heterocycles. The molecule has 146 valence electrons. The van der Waals surface area contributed by atoms with Gasteiger partial charge in [-0.25, -0.2) is 13.1 Å². The number of nitrogens with one attached hydrogen (secondary N) is 1. The maximum atomic E-state index is 11.9. The third-order valence-electron chi connectivity index (χ3n) is 7.58. The number of piperidine rings is 1. The molecular weight excluding hydrogens is 356 g/mol. The predicted octanol–water partition coefficient (Wildman–Crippen LogP) is 3.23. The number of hydrogen-bond donors (Lipinski definition) is 1. The van der Waals surface area contributed by atoms with Crippen LogP contribution < -0.4 is 4.72 Å². The molecular formula is C22H30N2O2S. The first-order valence-corrected chi connectivity index (χ1v) is 12.3. The zero-order chi connectivity index (χ0) is 18.6. The number of nitrogens with zero attached hydrogens (tertiary/aromatic N) is 1. The van der Waals surface area contributed by atoms with Crippen molar-refractivity contribution in [1.82, 2.24) is 9.62 Å². The summed E-state index contributed by atoms with van der Waals surface area (Å²) in [4.78, 5) is 2.67. The average molecular weight is 387 g/mol. The quantitative estimate of drug-likeness (QED) is 0.809. The van der Waals surface area contributed by atoms with Crippen LogP contribution >= 0.6 is 0 Å². The number of sulfonamides is 1. The lowest BCUT2D eigenvalue weighted by Gasteiger charge is -2.41. The molecule has 1 N–H and O–H groups in total. The van der Waals surface area contributed by atoms with E-state index >= 15 is 0 Å². The Morgan fingerprint density at radius 2 is 1.93 bits per heavy atom. The largest absolute Gasteiger partial charge is 0.303 e. The van der Waals surface area contributed by atoms with E-state index in [0.29, 0.717) is 0 Å². The van der Waals surface area contributed by atoms with Crippen molar-refractivity contribution in [3.8, 4) is 0 Å². The summed E-state index contributed by atoms with van der Waals surface area (Å²) >= 11 is 0. The average Bonchev–Trinajstić information content (AvgIpc) is 3.31. The molecule has 4 nitrogen and oxygen atoms in total. The van der Waals surface area contributed by atoms with Crippen molar-refractivity contribution in [3.63, 3.8) is 0 Å². The molecule has 2 fully saturated rings. The van der Waals surface area contributed by atoms with Crippen LogP contribution in [0.1, 0.15) is 49.3 Å². The van der Waals surface area contributed by atoms with Crippen LogP contribution in [0.25, 0.3) is 0 Å². The Morgan fingerprint density at radius 3 is 2.59 bits per heavy atom. The van der Waals surface area contributed by atoms with Crippen molar-refractivity contribution in [2.75, 3.05) is 25.9 Å². The molecule has 0 amide bonds. The predicted molar refractivity (Wildman–Crippen MR) is 108 cm³/mol. The second-order valence-electron chi connectivity index (χ2n) is 9.36. The zero-order valence-corrected chi connectivity index (χ0v) is 16.9. The Hall–Kier alpha value is -1.17. The van der Waals surface area contributed by atoms with E-state index < -0.39 is 10.0 Å². The molecule has 0 radical (unpaired) electrons. The van der Waals surface area contributed by atoms with Crippen LogP contribution in [0.2, 0.25) is 0 Å². The van der Waals surface area contributed by atoms with E-state index in [0.717, 1.165) is 50.1 Å². The van der Waals surface area contributed by atoms with E-state index in [4.69, 9.17) is 0 Å². The first kappa shape index (κ1) is 17.9. The number of allylic oxidation sites excluding steroid dienone is 2. The van der Waals surface area contributed by atoms with Crippen LogP contribution in [-0.2, 0) is 15.4 Å². The lowest BCUT2D eigenvalue weighted by atomic mass is 9.73. The number of benzene rings is 1. The molecule has 0 unspecified atom stereocenters. The number of rotatable bonds is 4. The summed E-state index contributed by atoms with van der Waals surface area (Å²) in [5.41, 5.74) is 2.72. The van der Waals surface area contributed by atoms with Crippen LogP contribution in [0.4, 0.5) is 0 Å². The molecule has 5 rings (SSSR count). The molecule has 1 saturated heterocycles. The van der Waals surface area contributed by atoms with Crippen molar-refractivity contribution >= 4 is 10.0 Å². The second-order valence-corrected chi connectivity index (χ2v) is 11.1. The SMILES string of the molecule is CS(=O)(=O)N[C@H]1CC2(CCN(C[C@H]3C[C@H]4C=C[C@H]3C4)CC2)c2ccccc21. The number of fused-ring (bicyclic) bond motifs is 4. The maximum Gasteiger partial charge on any atom is 0.209 e. The molecule has 5 heteroatoms. The van der Waals surface area contributed by atoms with E-state index in [1.165, 1.54) is 36.8 Å². The van der Waals surface area contributed by atoms with E-state index in [2.05, 4.69) is 40.0 Å². The van der Waals surface area contributed by atoms with Gasteiger partial charge in [-0.15, -0.1) is 0 Å². The smallest absolute Gasteiger partial charge is 0.209 e. The standard InChI is InChI=1S/C22H30N2O2S/c1-27(25,26)23-21-14-22(20-5-3-2-4-19(20)21)8-10-24(11-9-22)15-18-13-16-6-7-17(18)12-16/h2-7,16-18,21,23H,8-15H2,1H3/t16-,17-,18+,21-/m0/s1. The minimum Gasteiger partial charge on any atom is -0.303 e. The summed E-state index contributed by atoms with van der Waals surface area (Å²) in [5, 5.41) is 0. The molecule has 2 bridgehead atoms. The molecule has 1 aromatic carbocycles. The first-order chi connectivity index (χ1) is 12.9. The summed E-state index contributed by atoms with van der Waals surface area (Å²) in [7, 11) is -3.20. The zero-order valence-electron chi connectivity index (χ0n) is 16.1. The Balaban J connectivity index is 1.29. The summed E-state index contributed by atoms with van der Waals surface area (Å²) in [6.45, 7) is 3.52. The maximum absolute atomic E-state index is 11.9. The summed E-state index contributed by atoms with van der Waals surface area (Å²) in [5.74, 6) is 2.52. The van der Waals surface area contributed by atoms with Crippen LogP contribution in [-0.4, -0.2) is 39.2 Å². The Bertz CT molecular complexity index is 855. The Labute approximate surface area is 163 Å². The Morgan fingerprint density at radius 1 is 1.15 bits per heavy atom. The molecule has 1 spiro atoms. The normalized spacial score (nSPS) is 34.4. The molecule has 4 aliphatic rings. The van der Waals surface area contributed by atoms with Gasteiger partial charge in [-0.05, 0) is 79.5 Å². The van der Waals surface area contributed by atoms with Crippen molar-refractivity contribution in [2.24, 2.45) is 17.8 Å². The molecule has 27 heavy (non-hydrogen) atoms. The molecule has 1 aromatic rings. The highest BCUT2D eigenvalue weighted by Gasteiger charge is 2.46. The van der Waals surface area contributed by atoms with Crippen molar-refractivity contribution < 1.29 is 8.42 Å². The first-order valence-electron chi connectivity index (χ1n) is 10.4. The van der Waals surface area contributed by atoms with Gasteiger partial charge in [-0.3, -0.25) is 0 Å². The summed E-state index contributed by atoms with van der Waals surface area (Å²) in [6.07, 6.45) is 12.1. The summed E-state index contributed by atoms with van der Waals surface area (Å²) in [6, 6.07) is 8.42. The number of likely N-dealkylation sites (tertiary alicyclic amines) is 1. The van der Waals surface area contributed by atoms with Gasteiger partial charge < -0.3 is 4.90 Å². The van der Waals surface area contributed by atoms with Gasteiger partial charge in [0.2, 0.25) is 10.0 Å². The fourth-order valence-electron chi connectivity index (χ4n) is 6.33. The van der Waals surface area contributed by atoms with E-state index in [1.54, 1.807) is 0 Å². The van der Waals surface area contributed by atoms with Crippen LogP contribution in [0.15, 0.2) is 36.4 Å². The number of hydrogen-bond acceptors (Lipinski definition) is 3. The van der Waals surface area contributed by atoms with Crippen LogP contribution in [0.3, 0.4) is 0 Å². The minimum absolute atomic E-state index is 0.0709. The van der Waals surface area contributed by atoms with Crippen molar-refractivity contribution in [1.29, 1.82) is 0 Å². The van der Waals surface area contributed by atoms with Gasteiger partial charge in [0.05, 0.1) is 6.26 Å². The van der Waals surface area contributed by atoms with E-state index in [-0.39, 0.29) is 11.5 Å². The van der Waals surface area contributed by atoms with Gasteiger partial charge in [0.25, 0.3) is 0 Å². The lowest BCUT2D eigenvalue weighted by molar-refractivity contribution is 0.129. The van der Waals surface area contributed by atoms with Crippen molar-refractivity contribution in [3.05, 3.63) is 47.5 Å². The van der Waals surface area contributed by atoms with Gasteiger partial charge in [-0.2, -0.15) is 0 Å². The monoisotopic (exact) mass is 386 g/mol. The Kier molecular flexibility index (Phi) is 4.26. The summed E-state index contributed by atoms with van der Waals surface area (Å²) < 4.78 is 26.6. The molecule has 4 atom stereocenters. The highest BCUT2D eigenvalue weighted by atomic mass is 32.2. The minimum atomic E-state index is -3.20. The molecule has 1 saturated carbocycles. The highest BCUT2D eigenvalue weighted by molar-refractivity contribution is 7.88. The van der Waals surface area contributed by atoms with Crippen molar-refractivity contribution in [2.45, 2.75) is 43.6 Å². The molecule has 0 aromatic heterocycles. The van der Waals surface area contributed by atoms with E-state index in [1.807, 2.05) is 6.07 Å². The van der Waals surface area contributed by atoms with Crippen LogP contribution in [0.5, 0.6) is 0 Å². The van der Waals surface area contributed by atoms with E-state index in [9.17, 15) is 8.42 Å². The fraction of sp³-hybridized carbons (Fsp3) is 0.636. The molecule has 1 heterocycles. The third-order valence-corrected chi connectivity index (χ3v) is 8.29. The topological polar surface area (TPSA) is 49.4 Å². The third kappa shape index (κ3) is 3.28.